The number of halogens is 5. The summed E-state index contributed by atoms with van der Waals surface area (Å²) >= 11 is 0. The first-order valence-electron chi connectivity index (χ1n) is 4.43. The molecule has 0 heterocycles. The van der Waals surface area contributed by atoms with E-state index in [2.05, 4.69) is 0 Å². The Balaban J connectivity index is 3.40. The van der Waals surface area contributed by atoms with Crippen LogP contribution in [0.4, 0.5) is 22.0 Å². The minimum absolute atomic E-state index is 0.774. The lowest BCUT2D eigenvalue weighted by molar-refractivity contribution is -0.218. The molecule has 0 aliphatic heterocycles. The van der Waals surface area contributed by atoms with E-state index in [1.165, 1.54) is 6.07 Å². The van der Waals surface area contributed by atoms with Gasteiger partial charge >= 0.3 is 21.3 Å². The van der Waals surface area contributed by atoms with Crippen LogP contribution in [-0.2, 0) is 10.1 Å². The Hall–Kier alpha value is -1.22. The first kappa shape index (κ1) is 14.8. The standard InChI is InChI=1S/C9H7F5O3S/c10-7(6-4-2-1-3-5-6)8(11,9(12,13)14)18(15,16)17/h1-5,7H,(H,15,16,17). The fourth-order valence-electron chi connectivity index (χ4n) is 1.26. The Morgan fingerprint density at radius 3 is 1.83 bits per heavy atom. The quantitative estimate of drug-likeness (QED) is 0.688. The second kappa shape index (κ2) is 4.47. The molecule has 0 radical (unpaired) electrons. The maximum atomic E-state index is 13.5. The Morgan fingerprint density at radius 2 is 1.50 bits per heavy atom. The van der Waals surface area contributed by atoms with Crippen molar-refractivity contribution >= 4 is 10.1 Å². The molecular formula is C9H7F5O3S. The molecule has 1 aromatic carbocycles. The van der Waals surface area contributed by atoms with Gasteiger partial charge in [-0.15, -0.1) is 0 Å². The van der Waals surface area contributed by atoms with Crippen molar-refractivity contribution < 1.29 is 34.9 Å². The van der Waals surface area contributed by atoms with Gasteiger partial charge in [-0.3, -0.25) is 4.55 Å². The highest BCUT2D eigenvalue weighted by Gasteiger charge is 2.71. The normalized spacial score (nSPS) is 18.1. The summed E-state index contributed by atoms with van der Waals surface area (Å²) in [4.78, 5) is 0. The van der Waals surface area contributed by atoms with Crippen LogP contribution >= 0.6 is 0 Å². The molecule has 0 aliphatic rings. The molecule has 0 bridgehead atoms. The fraction of sp³-hybridized carbons (Fsp3) is 0.333. The van der Waals surface area contributed by atoms with E-state index in [0.717, 1.165) is 24.3 Å². The van der Waals surface area contributed by atoms with Crippen molar-refractivity contribution in [1.82, 2.24) is 0 Å². The second-order valence-corrected chi connectivity index (χ2v) is 4.94. The van der Waals surface area contributed by atoms with Crippen molar-refractivity contribution in [3.63, 3.8) is 0 Å². The average molecular weight is 290 g/mol. The summed E-state index contributed by atoms with van der Waals surface area (Å²) in [7, 11) is -6.34. The molecular weight excluding hydrogens is 283 g/mol. The van der Waals surface area contributed by atoms with Crippen molar-refractivity contribution in [2.45, 2.75) is 17.3 Å². The number of hydrogen-bond donors (Lipinski definition) is 1. The van der Waals surface area contributed by atoms with E-state index < -0.39 is 33.0 Å². The summed E-state index contributed by atoms with van der Waals surface area (Å²) in [6, 6.07) is 5.06. The number of rotatable bonds is 3. The lowest BCUT2D eigenvalue weighted by Gasteiger charge is -2.27. The third-order valence-electron chi connectivity index (χ3n) is 2.18. The summed E-state index contributed by atoms with van der Waals surface area (Å²) in [6.45, 7) is 0. The predicted molar refractivity (Wildman–Crippen MR) is 51.7 cm³/mol. The minimum Gasteiger partial charge on any atom is -0.283 e. The highest BCUT2D eigenvalue weighted by molar-refractivity contribution is 7.87. The zero-order valence-corrected chi connectivity index (χ0v) is 9.34. The maximum absolute atomic E-state index is 13.5. The van der Waals surface area contributed by atoms with E-state index in [1.54, 1.807) is 0 Å². The second-order valence-electron chi connectivity index (χ2n) is 3.39. The van der Waals surface area contributed by atoms with E-state index in [-0.39, 0.29) is 0 Å². The Morgan fingerprint density at radius 1 is 1.06 bits per heavy atom. The van der Waals surface area contributed by atoms with Crippen molar-refractivity contribution in [1.29, 1.82) is 0 Å². The molecule has 102 valence electrons. The topological polar surface area (TPSA) is 54.4 Å². The molecule has 9 heteroatoms. The Labute approximate surface area is 99.0 Å². The van der Waals surface area contributed by atoms with Gasteiger partial charge in [0.25, 0.3) is 0 Å². The van der Waals surface area contributed by atoms with Gasteiger partial charge in [-0.2, -0.15) is 21.6 Å². The molecule has 1 N–H and O–H groups in total. The van der Waals surface area contributed by atoms with Crippen molar-refractivity contribution in [2.24, 2.45) is 0 Å². The lowest BCUT2D eigenvalue weighted by atomic mass is 10.1. The van der Waals surface area contributed by atoms with Crippen LogP contribution in [-0.4, -0.2) is 24.1 Å². The summed E-state index contributed by atoms with van der Waals surface area (Å²) < 4.78 is 93.6. The third-order valence-corrected chi connectivity index (χ3v) is 3.37. The number of benzene rings is 1. The van der Waals surface area contributed by atoms with Gasteiger partial charge in [0.15, 0.2) is 6.17 Å². The summed E-state index contributed by atoms with van der Waals surface area (Å²) in [5.74, 6) is 0. The van der Waals surface area contributed by atoms with Crippen LogP contribution in [0.15, 0.2) is 30.3 Å². The monoisotopic (exact) mass is 290 g/mol. The highest BCUT2D eigenvalue weighted by atomic mass is 32.2. The van der Waals surface area contributed by atoms with Gasteiger partial charge < -0.3 is 0 Å². The zero-order chi connectivity index (χ0) is 14.2. The molecule has 0 aliphatic carbocycles. The number of alkyl halides is 5. The molecule has 3 nitrogen and oxygen atoms in total. The first-order valence-corrected chi connectivity index (χ1v) is 5.87. The Kier molecular flexibility index (Phi) is 3.68. The van der Waals surface area contributed by atoms with Gasteiger partial charge in [0.1, 0.15) is 0 Å². The van der Waals surface area contributed by atoms with E-state index >= 15 is 0 Å². The minimum atomic E-state index is -6.34. The molecule has 0 saturated heterocycles. The first-order chi connectivity index (χ1) is 8.02. The van der Waals surface area contributed by atoms with E-state index in [4.69, 9.17) is 4.55 Å². The molecule has 0 amide bonds. The molecule has 18 heavy (non-hydrogen) atoms. The van der Waals surface area contributed by atoms with Crippen LogP contribution in [0, 0.1) is 0 Å². The van der Waals surface area contributed by atoms with Crippen LogP contribution < -0.4 is 0 Å². The van der Waals surface area contributed by atoms with Crippen LogP contribution in [0.25, 0.3) is 0 Å². The van der Waals surface area contributed by atoms with Gasteiger partial charge in [0.05, 0.1) is 0 Å². The van der Waals surface area contributed by atoms with Gasteiger partial charge in [-0.1, -0.05) is 30.3 Å². The van der Waals surface area contributed by atoms with Gasteiger partial charge in [0.2, 0.25) is 0 Å². The lowest BCUT2D eigenvalue weighted by Crippen LogP contribution is -2.51. The van der Waals surface area contributed by atoms with Crippen LogP contribution in [0.5, 0.6) is 0 Å². The summed E-state index contributed by atoms with van der Waals surface area (Å²) in [6.07, 6.45) is -9.70. The molecule has 1 aromatic rings. The highest BCUT2D eigenvalue weighted by Crippen LogP contribution is 2.48. The predicted octanol–water partition coefficient (Wildman–Crippen LogP) is 2.81. The van der Waals surface area contributed by atoms with E-state index in [9.17, 15) is 30.4 Å². The van der Waals surface area contributed by atoms with Crippen molar-refractivity contribution in [3.8, 4) is 0 Å². The summed E-state index contributed by atoms with van der Waals surface area (Å²) in [5, 5.41) is -5.40. The van der Waals surface area contributed by atoms with Crippen LogP contribution in [0.1, 0.15) is 11.7 Å². The molecule has 1 rings (SSSR count). The van der Waals surface area contributed by atoms with Crippen molar-refractivity contribution in [2.75, 3.05) is 0 Å². The van der Waals surface area contributed by atoms with Crippen LogP contribution in [0.2, 0.25) is 0 Å². The molecule has 0 aromatic heterocycles. The zero-order valence-electron chi connectivity index (χ0n) is 8.53. The smallest absolute Gasteiger partial charge is 0.283 e. The molecule has 0 saturated carbocycles. The number of hydrogen-bond acceptors (Lipinski definition) is 2. The maximum Gasteiger partial charge on any atom is 0.443 e. The van der Waals surface area contributed by atoms with E-state index in [0.29, 0.717) is 0 Å². The molecule has 2 unspecified atom stereocenters. The molecule has 0 spiro atoms. The van der Waals surface area contributed by atoms with Gasteiger partial charge in [-0.25, -0.2) is 8.78 Å². The average Bonchev–Trinajstić information content (AvgIpc) is 2.25. The van der Waals surface area contributed by atoms with Crippen LogP contribution in [0.3, 0.4) is 0 Å². The fourth-order valence-corrected chi connectivity index (χ4v) is 1.95. The van der Waals surface area contributed by atoms with Crippen molar-refractivity contribution in [3.05, 3.63) is 35.9 Å². The largest absolute Gasteiger partial charge is 0.443 e. The third kappa shape index (κ3) is 2.32. The summed E-state index contributed by atoms with van der Waals surface area (Å²) in [5.41, 5.74) is -0.852. The van der Waals surface area contributed by atoms with Gasteiger partial charge in [-0.05, 0) is 5.56 Å². The van der Waals surface area contributed by atoms with E-state index in [1.807, 2.05) is 0 Å². The Bertz CT molecular complexity index is 513. The SMILES string of the molecule is O=S(=O)(O)C(F)(C(F)c1ccccc1)C(F)(F)F. The molecule has 0 fully saturated rings. The molecule has 2 atom stereocenters. The van der Waals surface area contributed by atoms with Gasteiger partial charge in [0, 0.05) is 0 Å².